The molecule has 0 aliphatic carbocycles. The summed E-state index contributed by atoms with van der Waals surface area (Å²) < 4.78 is 0. The molecule has 0 bridgehead atoms. The van der Waals surface area contributed by atoms with Crippen LogP contribution in [0.15, 0.2) is 18.2 Å². The van der Waals surface area contributed by atoms with Crippen molar-refractivity contribution in [3.8, 4) is 11.5 Å². The topological polar surface area (TPSA) is 98.7 Å². The van der Waals surface area contributed by atoms with Crippen molar-refractivity contribution in [3.05, 3.63) is 23.8 Å². The second-order valence-electron chi connectivity index (χ2n) is 5.51. The minimum absolute atomic E-state index is 0.0547. The number of phenolic OH excluding ortho intramolecular Hbond substituents is 2. The number of hydrogen-bond acceptors (Lipinski definition) is 4. The van der Waals surface area contributed by atoms with Crippen LogP contribution in [0.4, 0.5) is 0 Å². The highest BCUT2D eigenvalue weighted by atomic mass is 16.3. The van der Waals surface area contributed by atoms with E-state index < -0.39 is 5.91 Å². The lowest BCUT2D eigenvalue weighted by Crippen LogP contribution is -2.41. The maximum atomic E-state index is 11.8. The molecule has 20 heavy (non-hydrogen) atoms. The fraction of sp³-hybridized carbons (Fsp3) is 0.429. The first-order valence-corrected chi connectivity index (χ1v) is 6.30. The minimum atomic E-state index is -0.494. The molecular weight excluding hydrogens is 260 g/mol. The predicted molar refractivity (Wildman–Crippen MR) is 74.6 cm³/mol. The zero-order valence-corrected chi connectivity index (χ0v) is 11.9. The number of amides is 2. The van der Waals surface area contributed by atoms with Crippen LogP contribution in [0, 0.1) is 0 Å². The van der Waals surface area contributed by atoms with Gasteiger partial charge in [-0.2, -0.15) is 0 Å². The average molecular weight is 280 g/mol. The van der Waals surface area contributed by atoms with E-state index in [9.17, 15) is 14.7 Å². The molecule has 1 aromatic rings. The molecule has 4 N–H and O–H groups in total. The molecule has 0 aliphatic rings. The van der Waals surface area contributed by atoms with Gasteiger partial charge in [0.1, 0.15) is 11.5 Å². The normalized spacial score (nSPS) is 10.9. The predicted octanol–water partition coefficient (Wildman–Crippen LogP) is 1.13. The third-order valence-electron chi connectivity index (χ3n) is 2.38. The molecule has 0 atom stereocenters. The van der Waals surface area contributed by atoms with Gasteiger partial charge in [0.2, 0.25) is 5.91 Å². The third kappa shape index (κ3) is 5.17. The lowest BCUT2D eigenvalue weighted by Gasteiger charge is -2.20. The summed E-state index contributed by atoms with van der Waals surface area (Å²) in [5, 5.41) is 24.0. The first-order chi connectivity index (χ1) is 9.19. The molecule has 1 aromatic carbocycles. The molecule has 2 amide bonds. The second-order valence-corrected chi connectivity index (χ2v) is 5.51. The van der Waals surface area contributed by atoms with Gasteiger partial charge in [0.15, 0.2) is 0 Å². The molecule has 0 heterocycles. The average Bonchev–Trinajstić information content (AvgIpc) is 2.25. The van der Waals surface area contributed by atoms with E-state index in [1.807, 2.05) is 20.8 Å². The van der Waals surface area contributed by atoms with Crippen molar-refractivity contribution >= 4 is 11.8 Å². The van der Waals surface area contributed by atoms with E-state index in [1.165, 1.54) is 12.1 Å². The molecule has 110 valence electrons. The number of aromatic hydroxyl groups is 2. The van der Waals surface area contributed by atoms with Crippen molar-refractivity contribution in [3.63, 3.8) is 0 Å². The standard InChI is InChI=1S/C14H20N2O4/c1-14(2,3)16-12(19)6-7-15-13(20)10-5-4-9(17)8-11(10)18/h4-5,8,17-18H,6-7H2,1-3H3,(H,15,20)(H,16,19). The maximum Gasteiger partial charge on any atom is 0.255 e. The van der Waals surface area contributed by atoms with E-state index in [0.717, 1.165) is 6.07 Å². The highest BCUT2D eigenvalue weighted by Crippen LogP contribution is 2.22. The Morgan fingerprint density at radius 2 is 1.85 bits per heavy atom. The van der Waals surface area contributed by atoms with E-state index in [0.29, 0.717) is 0 Å². The van der Waals surface area contributed by atoms with Crippen LogP contribution < -0.4 is 10.6 Å². The maximum absolute atomic E-state index is 11.8. The summed E-state index contributed by atoms with van der Waals surface area (Å²) in [7, 11) is 0. The zero-order chi connectivity index (χ0) is 15.3. The summed E-state index contributed by atoms with van der Waals surface area (Å²) >= 11 is 0. The van der Waals surface area contributed by atoms with E-state index in [2.05, 4.69) is 10.6 Å². The Morgan fingerprint density at radius 3 is 2.40 bits per heavy atom. The zero-order valence-electron chi connectivity index (χ0n) is 11.9. The largest absolute Gasteiger partial charge is 0.508 e. The number of hydrogen-bond donors (Lipinski definition) is 4. The van der Waals surface area contributed by atoms with Crippen molar-refractivity contribution < 1.29 is 19.8 Å². The Balaban J connectivity index is 2.46. The summed E-state index contributed by atoms with van der Waals surface area (Å²) in [4.78, 5) is 23.3. The summed E-state index contributed by atoms with van der Waals surface area (Å²) in [6.45, 7) is 5.79. The first-order valence-electron chi connectivity index (χ1n) is 6.30. The molecule has 0 aromatic heterocycles. The molecule has 0 saturated carbocycles. The molecule has 0 radical (unpaired) electrons. The van der Waals surface area contributed by atoms with Crippen LogP contribution in [0.2, 0.25) is 0 Å². The number of carbonyl (C=O) groups is 2. The fourth-order valence-corrected chi connectivity index (χ4v) is 1.58. The minimum Gasteiger partial charge on any atom is -0.508 e. The van der Waals surface area contributed by atoms with Gasteiger partial charge in [0, 0.05) is 24.6 Å². The van der Waals surface area contributed by atoms with Crippen LogP contribution in [0.25, 0.3) is 0 Å². The molecule has 6 heteroatoms. The van der Waals surface area contributed by atoms with Gasteiger partial charge >= 0.3 is 0 Å². The van der Waals surface area contributed by atoms with Gasteiger partial charge in [-0.1, -0.05) is 0 Å². The number of nitrogens with one attached hydrogen (secondary N) is 2. The number of benzene rings is 1. The van der Waals surface area contributed by atoms with Crippen molar-refractivity contribution in [1.29, 1.82) is 0 Å². The molecular formula is C14H20N2O4. The fourth-order valence-electron chi connectivity index (χ4n) is 1.58. The van der Waals surface area contributed by atoms with Gasteiger partial charge in [-0.05, 0) is 32.9 Å². The van der Waals surface area contributed by atoms with Crippen LogP contribution in [-0.2, 0) is 4.79 Å². The molecule has 1 rings (SSSR count). The lowest BCUT2D eigenvalue weighted by atomic mass is 10.1. The van der Waals surface area contributed by atoms with Gasteiger partial charge in [0.25, 0.3) is 5.91 Å². The smallest absolute Gasteiger partial charge is 0.255 e. The first kappa shape index (κ1) is 15.8. The summed E-state index contributed by atoms with van der Waals surface area (Å²) in [5.74, 6) is -1.08. The van der Waals surface area contributed by atoms with Crippen LogP contribution in [0.5, 0.6) is 11.5 Å². The third-order valence-corrected chi connectivity index (χ3v) is 2.38. The number of phenols is 2. The van der Waals surface area contributed by atoms with E-state index in [1.54, 1.807) is 0 Å². The Morgan fingerprint density at radius 1 is 1.20 bits per heavy atom. The van der Waals surface area contributed by atoms with Gasteiger partial charge in [-0.15, -0.1) is 0 Å². The molecule has 0 unspecified atom stereocenters. The van der Waals surface area contributed by atoms with Crippen LogP contribution >= 0.6 is 0 Å². The molecule has 6 nitrogen and oxygen atoms in total. The Bertz CT molecular complexity index is 506. The molecule has 0 aliphatic heterocycles. The van der Waals surface area contributed by atoms with E-state index in [-0.39, 0.29) is 41.5 Å². The van der Waals surface area contributed by atoms with E-state index in [4.69, 9.17) is 5.11 Å². The monoisotopic (exact) mass is 280 g/mol. The van der Waals surface area contributed by atoms with Crippen molar-refractivity contribution in [1.82, 2.24) is 10.6 Å². The van der Waals surface area contributed by atoms with Gasteiger partial charge in [0.05, 0.1) is 5.56 Å². The Kier molecular flexibility index (Phi) is 4.96. The SMILES string of the molecule is CC(C)(C)NC(=O)CCNC(=O)c1ccc(O)cc1O. The van der Waals surface area contributed by atoms with Gasteiger partial charge in [-0.3, -0.25) is 9.59 Å². The van der Waals surface area contributed by atoms with Crippen molar-refractivity contribution in [2.24, 2.45) is 0 Å². The van der Waals surface area contributed by atoms with Gasteiger partial charge in [-0.25, -0.2) is 0 Å². The summed E-state index contributed by atoms with van der Waals surface area (Å²) in [5.41, 5.74) is -0.255. The van der Waals surface area contributed by atoms with Crippen LogP contribution in [-0.4, -0.2) is 34.1 Å². The Labute approximate surface area is 117 Å². The lowest BCUT2D eigenvalue weighted by molar-refractivity contribution is -0.122. The highest BCUT2D eigenvalue weighted by Gasteiger charge is 2.15. The quantitative estimate of drug-likeness (QED) is 0.664. The summed E-state index contributed by atoms with van der Waals surface area (Å²) in [6, 6.07) is 3.71. The highest BCUT2D eigenvalue weighted by molar-refractivity contribution is 5.97. The molecule has 0 spiro atoms. The number of carbonyl (C=O) groups excluding carboxylic acids is 2. The second kappa shape index (κ2) is 6.27. The van der Waals surface area contributed by atoms with Crippen LogP contribution in [0.1, 0.15) is 37.6 Å². The van der Waals surface area contributed by atoms with Gasteiger partial charge < -0.3 is 20.8 Å². The van der Waals surface area contributed by atoms with E-state index >= 15 is 0 Å². The van der Waals surface area contributed by atoms with Crippen molar-refractivity contribution in [2.75, 3.05) is 6.54 Å². The molecule has 0 fully saturated rings. The Hall–Kier alpha value is -2.24. The van der Waals surface area contributed by atoms with Crippen LogP contribution in [0.3, 0.4) is 0 Å². The van der Waals surface area contributed by atoms with Crippen molar-refractivity contribution in [2.45, 2.75) is 32.7 Å². The summed E-state index contributed by atoms with van der Waals surface area (Å²) in [6.07, 6.45) is 0.155. The molecule has 0 saturated heterocycles. The number of rotatable bonds is 4.